The Morgan fingerprint density at radius 3 is 1.32 bits per heavy atom. The molecule has 0 unspecified atom stereocenters. The highest BCUT2D eigenvalue weighted by atomic mass is 15.1. The highest BCUT2D eigenvalue weighted by Gasteiger charge is 2.24. The molecule has 0 fully saturated rings. The van der Waals surface area contributed by atoms with Gasteiger partial charge in [0.15, 0.2) is 0 Å². The lowest BCUT2D eigenvalue weighted by atomic mass is 9.85. The van der Waals surface area contributed by atoms with E-state index in [1.807, 2.05) is 12.1 Å². The van der Waals surface area contributed by atoms with Gasteiger partial charge in [0.05, 0.1) is 33.5 Å². The van der Waals surface area contributed by atoms with Crippen LogP contribution in [0.4, 0.5) is 0 Å². The van der Waals surface area contributed by atoms with Gasteiger partial charge in [0.25, 0.3) is 0 Å². The Morgan fingerprint density at radius 2 is 0.706 bits per heavy atom. The molecule has 0 saturated carbocycles. The molecule has 0 saturated heterocycles. The average molecular weight is 867 g/mol. The molecule has 0 radical (unpaired) electrons. The summed E-state index contributed by atoms with van der Waals surface area (Å²) >= 11 is 0. The van der Waals surface area contributed by atoms with Crippen molar-refractivity contribution in [3.63, 3.8) is 0 Å². The number of fused-ring (bicyclic) bond motifs is 10. The van der Waals surface area contributed by atoms with Gasteiger partial charge in [0.1, 0.15) is 22.9 Å². The van der Waals surface area contributed by atoms with Crippen LogP contribution in [0, 0.1) is 0 Å². The third-order valence-corrected chi connectivity index (χ3v) is 13.5. The second-order valence-electron chi connectivity index (χ2n) is 17.4. The van der Waals surface area contributed by atoms with Crippen LogP contribution in [0.3, 0.4) is 0 Å². The molecule has 4 aromatic heterocycles. The lowest BCUT2D eigenvalue weighted by Crippen LogP contribution is -2.00. The number of para-hydroxylation sites is 4. The first-order valence-electron chi connectivity index (χ1n) is 23.0. The third kappa shape index (κ3) is 5.84. The summed E-state index contributed by atoms with van der Waals surface area (Å²) in [6.07, 6.45) is 0. The van der Waals surface area contributed by atoms with Crippen LogP contribution in [0.1, 0.15) is 0 Å². The summed E-state index contributed by atoms with van der Waals surface area (Å²) in [6, 6.07) is 81.5. The molecule has 6 nitrogen and oxygen atoms in total. The third-order valence-electron chi connectivity index (χ3n) is 13.5. The number of hydrogen-bond acceptors (Lipinski definition) is 4. The minimum Gasteiger partial charge on any atom is -0.276 e. The molecule has 4 heterocycles. The van der Waals surface area contributed by atoms with Gasteiger partial charge in [-0.3, -0.25) is 8.80 Å². The number of aromatic nitrogens is 6. The molecule has 0 amide bonds. The van der Waals surface area contributed by atoms with Gasteiger partial charge < -0.3 is 0 Å². The van der Waals surface area contributed by atoms with Crippen LogP contribution in [-0.2, 0) is 0 Å². The van der Waals surface area contributed by atoms with E-state index >= 15 is 0 Å². The van der Waals surface area contributed by atoms with Crippen molar-refractivity contribution in [2.75, 3.05) is 0 Å². The summed E-state index contributed by atoms with van der Waals surface area (Å²) in [5.74, 6) is 1.70. The Balaban J connectivity index is 0.962. The van der Waals surface area contributed by atoms with Crippen molar-refractivity contribution in [1.29, 1.82) is 0 Å². The van der Waals surface area contributed by atoms with E-state index in [9.17, 15) is 0 Å². The number of benzene rings is 10. The van der Waals surface area contributed by atoms with Crippen LogP contribution < -0.4 is 0 Å². The van der Waals surface area contributed by atoms with Crippen molar-refractivity contribution in [1.82, 2.24) is 28.7 Å². The van der Waals surface area contributed by atoms with E-state index < -0.39 is 0 Å². The van der Waals surface area contributed by atoms with Gasteiger partial charge in [-0.05, 0) is 86.3 Å². The lowest BCUT2D eigenvalue weighted by molar-refractivity contribution is 1.13. The van der Waals surface area contributed by atoms with E-state index in [-0.39, 0.29) is 0 Å². The minimum atomic E-state index is 0.835. The van der Waals surface area contributed by atoms with Crippen LogP contribution in [0.2, 0.25) is 0 Å². The smallest absolute Gasteiger partial charge is 0.149 e. The Kier molecular flexibility index (Phi) is 8.48. The summed E-state index contributed by atoms with van der Waals surface area (Å²) in [7, 11) is 0. The minimum absolute atomic E-state index is 0.835. The molecule has 68 heavy (non-hydrogen) atoms. The summed E-state index contributed by atoms with van der Waals surface area (Å²) in [5, 5.41) is 6.77. The number of imidazole rings is 2. The zero-order valence-electron chi connectivity index (χ0n) is 36.6. The van der Waals surface area contributed by atoms with Crippen LogP contribution in [-0.4, -0.2) is 28.7 Å². The molecule has 0 bridgehead atoms. The monoisotopic (exact) mass is 866 g/mol. The molecule has 0 atom stereocenters. The standard InChI is InChI=1S/C62H38N6/c1-3-18-40(19-4-1)57-58(41-20-5-2-6-21-41)68-60(64-52-31-14-12-29-50(52)62(68)66-57)44-23-17-22-43(38-44)56-47-26-9-7-24-45(47)55(46-25-8-10-27-48(46)56)39-34-36-42(37-35-39)59-63-51-30-13-11-28-49(51)61-65-53-32-15-16-33-54(53)67(59)61/h1-38H. The van der Waals surface area contributed by atoms with Crippen molar-refractivity contribution >= 4 is 65.7 Å². The molecule has 316 valence electrons. The maximum absolute atomic E-state index is 5.47. The van der Waals surface area contributed by atoms with Crippen LogP contribution in [0.15, 0.2) is 231 Å². The van der Waals surface area contributed by atoms with Gasteiger partial charge >= 0.3 is 0 Å². The van der Waals surface area contributed by atoms with E-state index in [0.717, 1.165) is 101 Å². The Bertz CT molecular complexity index is 4250. The van der Waals surface area contributed by atoms with E-state index in [1.54, 1.807) is 0 Å². The van der Waals surface area contributed by atoms with E-state index in [0.29, 0.717) is 0 Å². The molecular weight excluding hydrogens is 829 g/mol. The maximum atomic E-state index is 5.47. The molecule has 14 aromatic rings. The zero-order valence-corrected chi connectivity index (χ0v) is 36.6. The first-order chi connectivity index (χ1) is 33.7. The number of hydrogen-bond donors (Lipinski definition) is 0. The fraction of sp³-hybridized carbons (Fsp3) is 0. The molecule has 0 spiro atoms. The highest BCUT2D eigenvalue weighted by molar-refractivity contribution is 6.21. The first kappa shape index (κ1) is 38.1. The lowest BCUT2D eigenvalue weighted by Gasteiger charge is -2.19. The summed E-state index contributed by atoms with van der Waals surface area (Å²) in [6.45, 7) is 0. The number of nitrogens with zero attached hydrogens (tertiary/aromatic N) is 6. The molecule has 14 rings (SSSR count). The number of rotatable bonds is 6. The Labute approximate surface area is 390 Å². The van der Waals surface area contributed by atoms with Crippen molar-refractivity contribution < 1.29 is 0 Å². The molecular formula is C62H38N6. The predicted octanol–water partition coefficient (Wildman–Crippen LogP) is 15.5. The van der Waals surface area contributed by atoms with Gasteiger partial charge in [-0.25, -0.2) is 19.9 Å². The van der Waals surface area contributed by atoms with Crippen molar-refractivity contribution in [3.05, 3.63) is 231 Å². The second kappa shape index (κ2) is 15.2. The molecule has 6 heteroatoms. The second-order valence-corrected chi connectivity index (χ2v) is 17.4. The average Bonchev–Trinajstić information content (AvgIpc) is 4.01. The summed E-state index contributed by atoms with van der Waals surface area (Å²) in [5.41, 5.74) is 16.3. The fourth-order valence-corrected chi connectivity index (χ4v) is 10.5. The molecule has 10 aromatic carbocycles. The van der Waals surface area contributed by atoms with Crippen molar-refractivity contribution in [3.8, 4) is 67.5 Å². The Morgan fingerprint density at radius 1 is 0.265 bits per heavy atom. The molecule has 0 aliphatic rings. The first-order valence-corrected chi connectivity index (χ1v) is 23.0. The largest absolute Gasteiger partial charge is 0.276 e. The summed E-state index contributed by atoms with van der Waals surface area (Å²) < 4.78 is 4.48. The van der Waals surface area contributed by atoms with Gasteiger partial charge in [0.2, 0.25) is 0 Å². The SMILES string of the molecule is c1ccc(-c2nc3c4ccccc4nc(-c4cccc(-c5c6ccccc6c(-c6ccc(-c7nc8ccccc8c8nc9ccccc9n78)cc6)c6ccccc56)c4)n3c2-c2ccccc2)cc1. The van der Waals surface area contributed by atoms with Crippen molar-refractivity contribution in [2.24, 2.45) is 0 Å². The van der Waals surface area contributed by atoms with Crippen LogP contribution in [0.5, 0.6) is 0 Å². The topological polar surface area (TPSA) is 60.4 Å². The van der Waals surface area contributed by atoms with Gasteiger partial charge in [0, 0.05) is 33.0 Å². The van der Waals surface area contributed by atoms with E-state index in [2.05, 4.69) is 227 Å². The Hall–Kier alpha value is -9.26. The maximum Gasteiger partial charge on any atom is 0.149 e. The highest BCUT2D eigenvalue weighted by Crippen LogP contribution is 2.45. The van der Waals surface area contributed by atoms with Crippen molar-refractivity contribution in [2.45, 2.75) is 0 Å². The fourth-order valence-electron chi connectivity index (χ4n) is 10.5. The van der Waals surface area contributed by atoms with Gasteiger partial charge in [-0.2, -0.15) is 0 Å². The normalized spacial score (nSPS) is 11.8. The van der Waals surface area contributed by atoms with Gasteiger partial charge in [-0.15, -0.1) is 0 Å². The van der Waals surface area contributed by atoms with Gasteiger partial charge in [-0.1, -0.05) is 188 Å². The molecule has 0 N–H and O–H groups in total. The van der Waals surface area contributed by atoms with Crippen LogP contribution >= 0.6 is 0 Å². The molecule has 0 aliphatic carbocycles. The van der Waals surface area contributed by atoms with Crippen LogP contribution in [0.25, 0.3) is 133 Å². The molecule has 0 aliphatic heterocycles. The summed E-state index contributed by atoms with van der Waals surface area (Å²) in [4.78, 5) is 21.3. The van der Waals surface area contributed by atoms with E-state index in [1.165, 1.54) is 32.7 Å². The predicted molar refractivity (Wildman–Crippen MR) is 280 cm³/mol. The zero-order chi connectivity index (χ0) is 44.7. The van der Waals surface area contributed by atoms with E-state index in [4.69, 9.17) is 19.9 Å². The quantitative estimate of drug-likeness (QED) is 0.156.